The van der Waals surface area contributed by atoms with Gasteiger partial charge < -0.3 is 19.4 Å². The number of hydrogen-bond acceptors (Lipinski definition) is 6. The largest absolute Gasteiger partial charge is 0.465 e. The van der Waals surface area contributed by atoms with Crippen molar-refractivity contribution >= 4 is 5.97 Å². The standard InChI is InChI=1S/C58H118N4O2/c1-6-11-16-21-26-31-36-44-59(45-37-32-27-22-17-12-7-2)50-51-60(46-38-33-28-23-18-13-8-3)52-53-62-49-41-42-57(55-62)43-54-64-58(63)56-61(47-39-34-29-24-19-14-9-4)48-40-35-30-25-20-15-10-5/h57H,6-56H2,1-5H3. The lowest BCUT2D eigenvalue weighted by atomic mass is 9.95. The van der Waals surface area contributed by atoms with Crippen LogP contribution in [0.15, 0.2) is 0 Å². The highest BCUT2D eigenvalue weighted by Gasteiger charge is 2.22. The first kappa shape index (κ1) is 61.3. The van der Waals surface area contributed by atoms with E-state index in [1.807, 2.05) is 0 Å². The minimum atomic E-state index is 0.00699. The molecule has 0 aromatic heterocycles. The molecule has 1 unspecified atom stereocenters. The molecule has 0 spiro atoms. The SMILES string of the molecule is CCCCCCCCCN(CCCCCCCCC)CCN(CCCCCCCCC)CCN1CCCC(CCOC(=O)CN(CCCCCCCCC)CCCCCCCCC)C1. The third kappa shape index (κ3) is 40.4. The van der Waals surface area contributed by atoms with Crippen molar-refractivity contribution in [1.82, 2.24) is 19.6 Å². The van der Waals surface area contributed by atoms with E-state index in [1.54, 1.807) is 0 Å². The van der Waals surface area contributed by atoms with Crippen LogP contribution in [0.1, 0.15) is 279 Å². The Hall–Kier alpha value is -0.690. The zero-order valence-corrected chi connectivity index (χ0v) is 44.7. The number of rotatable bonds is 51. The van der Waals surface area contributed by atoms with Gasteiger partial charge in [0.2, 0.25) is 0 Å². The Morgan fingerprint density at radius 1 is 0.422 bits per heavy atom. The predicted octanol–water partition coefficient (Wildman–Crippen LogP) is 16.3. The Morgan fingerprint density at radius 2 is 0.750 bits per heavy atom. The highest BCUT2D eigenvalue weighted by Crippen LogP contribution is 2.20. The van der Waals surface area contributed by atoms with E-state index in [4.69, 9.17) is 4.74 Å². The fraction of sp³-hybridized carbons (Fsp3) is 0.983. The van der Waals surface area contributed by atoms with Gasteiger partial charge in [0.15, 0.2) is 0 Å². The lowest BCUT2D eigenvalue weighted by Crippen LogP contribution is -2.43. The minimum Gasteiger partial charge on any atom is -0.465 e. The van der Waals surface area contributed by atoms with Crippen LogP contribution in [-0.2, 0) is 9.53 Å². The zero-order valence-electron chi connectivity index (χ0n) is 44.7. The molecule has 0 aromatic carbocycles. The number of nitrogens with zero attached hydrogens (tertiary/aromatic N) is 4. The van der Waals surface area contributed by atoms with E-state index in [0.29, 0.717) is 19.1 Å². The quantitative estimate of drug-likeness (QED) is 0.0447. The van der Waals surface area contributed by atoms with Gasteiger partial charge in [0.1, 0.15) is 0 Å². The molecule has 64 heavy (non-hydrogen) atoms. The maximum atomic E-state index is 13.2. The second kappa shape index (κ2) is 48.8. The monoisotopic (exact) mass is 903 g/mol. The molecule has 6 nitrogen and oxygen atoms in total. The summed E-state index contributed by atoms with van der Waals surface area (Å²) in [6.45, 7) is 25.8. The summed E-state index contributed by atoms with van der Waals surface area (Å²) in [7, 11) is 0. The summed E-state index contributed by atoms with van der Waals surface area (Å²) in [6.07, 6.45) is 51.4. The second-order valence-corrected chi connectivity index (χ2v) is 20.9. The molecule has 1 aliphatic rings. The lowest BCUT2D eigenvalue weighted by Gasteiger charge is -2.35. The number of carbonyl (C=O) groups is 1. The van der Waals surface area contributed by atoms with Crippen molar-refractivity contribution in [3.8, 4) is 0 Å². The topological polar surface area (TPSA) is 39.3 Å². The summed E-state index contributed by atoms with van der Waals surface area (Å²) in [6, 6.07) is 0. The molecule has 1 atom stereocenters. The molecule has 0 aromatic rings. The van der Waals surface area contributed by atoms with Crippen molar-refractivity contribution in [2.75, 3.05) is 85.1 Å². The smallest absolute Gasteiger partial charge is 0.320 e. The lowest BCUT2D eigenvalue weighted by molar-refractivity contribution is -0.145. The van der Waals surface area contributed by atoms with Gasteiger partial charge in [-0.1, -0.05) is 227 Å². The van der Waals surface area contributed by atoms with Crippen LogP contribution in [0, 0.1) is 5.92 Å². The molecule has 0 N–H and O–H groups in total. The molecule has 0 saturated carbocycles. The minimum absolute atomic E-state index is 0.00699. The molecular formula is C58H118N4O2. The Bertz CT molecular complexity index is 898. The van der Waals surface area contributed by atoms with Crippen LogP contribution in [0.2, 0.25) is 0 Å². The van der Waals surface area contributed by atoms with E-state index in [9.17, 15) is 4.79 Å². The van der Waals surface area contributed by atoms with Crippen molar-refractivity contribution in [3.05, 3.63) is 0 Å². The van der Waals surface area contributed by atoms with Gasteiger partial charge in [-0.2, -0.15) is 0 Å². The van der Waals surface area contributed by atoms with Crippen molar-refractivity contribution in [2.45, 2.75) is 279 Å². The van der Waals surface area contributed by atoms with E-state index < -0.39 is 0 Å². The van der Waals surface area contributed by atoms with E-state index >= 15 is 0 Å². The van der Waals surface area contributed by atoms with E-state index in [-0.39, 0.29) is 5.97 Å². The summed E-state index contributed by atoms with van der Waals surface area (Å²) in [4.78, 5) is 24.1. The van der Waals surface area contributed by atoms with Crippen LogP contribution >= 0.6 is 0 Å². The van der Waals surface area contributed by atoms with Gasteiger partial charge in [-0.15, -0.1) is 0 Å². The Kier molecular flexibility index (Phi) is 46.7. The number of hydrogen-bond donors (Lipinski definition) is 0. The number of esters is 1. The average Bonchev–Trinajstić information content (AvgIpc) is 3.30. The third-order valence-electron chi connectivity index (χ3n) is 14.6. The molecule has 0 amide bonds. The van der Waals surface area contributed by atoms with Gasteiger partial charge in [0, 0.05) is 32.7 Å². The molecular weight excluding hydrogens is 785 g/mol. The highest BCUT2D eigenvalue weighted by atomic mass is 16.5. The molecule has 0 bridgehead atoms. The molecule has 1 rings (SSSR count). The van der Waals surface area contributed by atoms with Gasteiger partial charge in [-0.05, 0) is 96.6 Å². The molecule has 1 fully saturated rings. The van der Waals surface area contributed by atoms with Crippen LogP contribution in [0.3, 0.4) is 0 Å². The van der Waals surface area contributed by atoms with E-state index in [1.165, 1.54) is 296 Å². The van der Waals surface area contributed by atoms with Crippen molar-refractivity contribution < 1.29 is 9.53 Å². The van der Waals surface area contributed by atoms with Crippen molar-refractivity contribution in [3.63, 3.8) is 0 Å². The van der Waals surface area contributed by atoms with Crippen molar-refractivity contribution in [2.24, 2.45) is 5.92 Å². The average molecular weight is 904 g/mol. The number of ether oxygens (including phenoxy) is 1. The molecule has 1 heterocycles. The van der Waals surface area contributed by atoms with Crippen LogP contribution in [0.4, 0.5) is 0 Å². The van der Waals surface area contributed by atoms with Crippen LogP contribution in [-0.4, -0.2) is 111 Å². The number of piperidine rings is 1. The molecule has 1 saturated heterocycles. The Balaban J connectivity index is 2.66. The van der Waals surface area contributed by atoms with Crippen LogP contribution in [0.25, 0.3) is 0 Å². The fourth-order valence-corrected chi connectivity index (χ4v) is 10.1. The van der Waals surface area contributed by atoms with Gasteiger partial charge in [-0.25, -0.2) is 0 Å². The second-order valence-electron chi connectivity index (χ2n) is 20.9. The first-order chi connectivity index (χ1) is 31.6. The summed E-state index contributed by atoms with van der Waals surface area (Å²) < 4.78 is 5.99. The number of likely N-dealkylation sites (tertiary alicyclic amines) is 1. The molecule has 0 aliphatic carbocycles. The normalized spacial score (nSPS) is 14.8. The van der Waals surface area contributed by atoms with Gasteiger partial charge in [0.25, 0.3) is 0 Å². The summed E-state index contributed by atoms with van der Waals surface area (Å²) in [5.41, 5.74) is 0. The number of unbranched alkanes of at least 4 members (excludes halogenated alkanes) is 30. The zero-order chi connectivity index (χ0) is 46.2. The maximum Gasteiger partial charge on any atom is 0.320 e. The fourth-order valence-electron chi connectivity index (χ4n) is 10.1. The molecule has 6 heteroatoms. The maximum absolute atomic E-state index is 13.2. The highest BCUT2D eigenvalue weighted by molar-refractivity contribution is 5.71. The van der Waals surface area contributed by atoms with Gasteiger partial charge >= 0.3 is 5.97 Å². The Morgan fingerprint density at radius 3 is 1.12 bits per heavy atom. The summed E-state index contributed by atoms with van der Waals surface area (Å²) in [5, 5.41) is 0. The first-order valence-corrected chi connectivity index (χ1v) is 29.6. The van der Waals surface area contributed by atoms with Gasteiger partial charge in [-0.3, -0.25) is 9.69 Å². The first-order valence-electron chi connectivity index (χ1n) is 29.6. The third-order valence-corrected chi connectivity index (χ3v) is 14.6. The van der Waals surface area contributed by atoms with Gasteiger partial charge in [0.05, 0.1) is 13.2 Å². The molecule has 382 valence electrons. The Labute approximate surface area is 403 Å². The van der Waals surface area contributed by atoms with Crippen LogP contribution in [0.5, 0.6) is 0 Å². The van der Waals surface area contributed by atoms with E-state index in [2.05, 4.69) is 54.2 Å². The molecule has 1 aliphatic heterocycles. The number of carbonyl (C=O) groups excluding carboxylic acids is 1. The van der Waals surface area contributed by atoms with Crippen LogP contribution < -0.4 is 0 Å². The van der Waals surface area contributed by atoms with Crippen molar-refractivity contribution in [1.29, 1.82) is 0 Å². The van der Waals surface area contributed by atoms with E-state index in [0.717, 1.165) is 19.5 Å². The predicted molar refractivity (Wildman–Crippen MR) is 284 cm³/mol. The summed E-state index contributed by atoms with van der Waals surface area (Å²) >= 11 is 0. The summed E-state index contributed by atoms with van der Waals surface area (Å²) in [5.74, 6) is 0.654. The molecule has 0 radical (unpaired) electrons.